The number of methoxy groups -OCH3 is 1. The van der Waals surface area contributed by atoms with Crippen LogP contribution in [0.5, 0.6) is 0 Å². The van der Waals surface area contributed by atoms with E-state index in [1.165, 1.54) is 25.3 Å². The van der Waals surface area contributed by atoms with E-state index in [1.54, 1.807) is 19.1 Å². The number of esters is 1. The van der Waals surface area contributed by atoms with E-state index in [0.29, 0.717) is 30.0 Å². The Bertz CT molecular complexity index is 727. The van der Waals surface area contributed by atoms with E-state index in [2.05, 4.69) is 15.4 Å². The van der Waals surface area contributed by atoms with E-state index in [1.807, 2.05) is 0 Å². The average molecular weight is 334 g/mol. The molecule has 0 bridgehead atoms. The van der Waals surface area contributed by atoms with Crippen molar-refractivity contribution in [2.75, 3.05) is 13.7 Å². The van der Waals surface area contributed by atoms with E-state index < -0.39 is 5.97 Å². The fraction of sp³-hybridized carbons (Fsp3) is 0.294. The molecule has 2 aromatic rings. The minimum atomic E-state index is -0.484. The molecule has 1 aromatic heterocycles. The van der Waals surface area contributed by atoms with E-state index >= 15 is 0 Å². The van der Waals surface area contributed by atoms with Gasteiger partial charge in [-0.25, -0.2) is 14.0 Å². The summed E-state index contributed by atoms with van der Waals surface area (Å²) in [4.78, 5) is 23.2. The predicted octanol–water partition coefficient (Wildman–Crippen LogP) is 2.56. The first kappa shape index (κ1) is 17.5. The fourth-order valence-corrected chi connectivity index (χ4v) is 2.19. The van der Waals surface area contributed by atoms with Crippen molar-refractivity contribution < 1.29 is 23.1 Å². The zero-order valence-corrected chi connectivity index (χ0v) is 13.5. The number of carbonyl (C=O) groups is 2. The van der Waals surface area contributed by atoms with Crippen LogP contribution in [-0.4, -0.2) is 25.7 Å². The zero-order valence-electron chi connectivity index (χ0n) is 13.5. The molecule has 0 saturated heterocycles. The highest BCUT2D eigenvalue weighted by Crippen LogP contribution is 2.15. The third kappa shape index (κ3) is 4.84. The average Bonchev–Trinajstić information content (AvgIpc) is 2.93. The summed E-state index contributed by atoms with van der Waals surface area (Å²) in [7, 11) is 1.29. The smallest absolute Gasteiger partial charge is 0.341 e. The molecule has 0 atom stereocenters. The van der Waals surface area contributed by atoms with Crippen LogP contribution in [0.15, 0.2) is 34.7 Å². The van der Waals surface area contributed by atoms with Crippen molar-refractivity contribution in [1.82, 2.24) is 10.6 Å². The maximum absolute atomic E-state index is 13.0. The van der Waals surface area contributed by atoms with Crippen LogP contribution in [0.1, 0.15) is 27.4 Å². The Hall–Kier alpha value is -2.83. The highest BCUT2D eigenvalue weighted by atomic mass is 19.1. The van der Waals surface area contributed by atoms with Crippen LogP contribution in [0.25, 0.3) is 0 Å². The predicted molar refractivity (Wildman–Crippen MR) is 85.1 cm³/mol. The summed E-state index contributed by atoms with van der Waals surface area (Å²) >= 11 is 0. The third-order valence-electron chi connectivity index (χ3n) is 3.39. The molecule has 24 heavy (non-hydrogen) atoms. The van der Waals surface area contributed by atoms with Gasteiger partial charge in [0.25, 0.3) is 0 Å². The van der Waals surface area contributed by atoms with Crippen LogP contribution < -0.4 is 10.6 Å². The van der Waals surface area contributed by atoms with Crippen molar-refractivity contribution in [3.63, 3.8) is 0 Å². The molecule has 2 amide bonds. The summed E-state index contributed by atoms with van der Waals surface area (Å²) in [5.41, 5.74) is 1.14. The fourth-order valence-electron chi connectivity index (χ4n) is 2.19. The topological polar surface area (TPSA) is 80.6 Å². The molecule has 0 spiro atoms. The van der Waals surface area contributed by atoms with Gasteiger partial charge in [0.05, 0.1) is 13.7 Å². The Labute approximate surface area is 139 Å². The van der Waals surface area contributed by atoms with E-state index in [4.69, 9.17) is 4.42 Å². The van der Waals surface area contributed by atoms with E-state index in [0.717, 1.165) is 5.56 Å². The Balaban J connectivity index is 1.76. The minimum Gasteiger partial charge on any atom is -0.465 e. The molecular formula is C17H19FN2O4. The Morgan fingerprint density at radius 3 is 2.75 bits per heavy atom. The number of carbonyl (C=O) groups excluding carboxylic acids is 2. The highest BCUT2D eigenvalue weighted by Gasteiger charge is 2.15. The number of amides is 2. The van der Waals surface area contributed by atoms with Gasteiger partial charge in [0, 0.05) is 6.54 Å². The van der Waals surface area contributed by atoms with Crippen LogP contribution in [0.4, 0.5) is 9.18 Å². The number of ether oxygens (including phenoxy) is 1. The summed E-state index contributed by atoms with van der Waals surface area (Å²) in [6.07, 6.45) is 0.525. The number of hydrogen-bond donors (Lipinski definition) is 2. The van der Waals surface area contributed by atoms with Crippen molar-refractivity contribution in [3.8, 4) is 0 Å². The molecule has 7 heteroatoms. The van der Waals surface area contributed by atoms with Gasteiger partial charge in [0.2, 0.25) is 0 Å². The Morgan fingerprint density at radius 2 is 2.04 bits per heavy atom. The molecule has 6 nitrogen and oxygen atoms in total. The Morgan fingerprint density at radius 1 is 1.25 bits per heavy atom. The van der Waals surface area contributed by atoms with Gasteiger partial charge in [0.1, 0.15) is 22.9 Å². The number of aryl methyl sites for hydroxylation is 1. The lowest BCUT2D eigenvalue weighted by molar-refractivity contribution is 0.0598. The first-order chi connectivity index (χ1) is 11.5. The number of hydrogen-bond acceptors (Lipinski definition) is 4. The number of rotatable bonds is 6. The van der Waals surface area contributed by atoms with E-state index in [-0.39, 0.29) is 18.4 Å². The van der Waals surface area contributed by atoms with Gasteiger partial charge in [-0.1, -0.05) is 12.1 Å². The van der Waals surface area contributed by atoms with Gasteiger partial charge in [-0.2, -0.15) is 0 Å². The second-order valence-electron chi connectivity index (χ2n) is 5.16. The van der Waals surface area contributed by atoms with Gasteiger partial charge >= 0.3 is 12.0 Å². The van der Waals surface area contributed by atoms with Gasteiger partial charge in [0.15, 0.2) is 0 Å². The molecule has 1 heterocycles. The second kappa shape index (κ2) is 8.14. The van der Waals surface area contributed by atoms with Gasteiger partial charge in [-0.15, -0.1) is 0 Å². The molecule has 0 radical (unpaired) electrons. The van der Waals surface area contributed by atoms with Crippen LogP contribution in [-0.2, 0) is 17.7 Å². The minimum absolute atomic E-state index is 0.142. The Kier molecular flexibility index (Phi) is 5.95. The van der Waals surface area contributed by atoms with Gasteiger partial charge in [-0.3, -0.25) is 0 Å². The highest BCUT2D eigenvalue weighted by molar-refractivity contribution is 5.90. The number of nitrogens with one attached hydrogen (secondary N) is 2. The SMILES string of the molecule is COC(=O)c1cc(CNC(=O)NCCc2cccc(F)c2)oc1C. The first-order valence-electron chi connectivity index (χ1n) is 7.43. The number of halogens is 1. The van der Waals surface area contributed by atoms with Gasteiger partial charge < -0.3 is 19.8 Å². The molecular weight excluding hydrogens is 315 g/mol. The molecule has 0 aliphatic carbocycles. The molecule has 128 valence electrons. The largest absolute Gasteiger partial charge is 0.465 e. The van der Waals surface area contributed by atoms with Crippen molar-refractivity contribution in [1.29, 1.82) is 0 Å². The van der Waals surface area contributed by atoms with Crippen LogP contribution >= 0.6 is 0 Å². The van der Waals surface area contributed by atoms with E-state index in [9.17, 15) is 14.0 Å². The summed E-state index contributed by atoms with van der Waals surface area (Å²) in [5.74, 6) is 0.104. The number of urea groups is 1. The molecule has 1 aromatic carbocycles. The van der Waals surface area contributed by atoms with Crippen molar-refractivity contribution >= 4 is 12.0 Å². The summed E-state index contributed by atoms with van der Waals surface area (Å²) in [5, 5.41) is 5.29. The summed E-state index contributed by atoms with van der Waals surface area (Å²) in [6.45, 7) is 2.17. The summed E-state index contributed by atoms with van der Waals surface area (Å²) in [6, 6.07) is 7.39. The molecule has 0 aliphatic rings. The third-order valence-corrected chi connectivity index (χ3v) is 3.39. The monoisotopic (exact) mass is 334 g/mol. The number of benzene rings is 1. The normalized spacial score (nSPS) is 10.3. The van der Waals surface area contributed by atoms with Crippen molar-refractivity contribution in [3.05, 3.63) is 58.8 Å². The summed E-state index contributed by atoms with van der Waals surface area (Å²) < 4.78 is 23.1. The second-order valence-corrected chi connectivity index (χ2v) is 5.16. The number of furan rings is 1. The molecule has 0 aliphatic heterocycles. The zero-order chi connectivity index (χ0) is 17.5. The molecule has 0 saturated carbocycles. The van der Waals surface area contributed by atoms with Gasteiger partial charge in [-0.05, 0) is 37.1 Å². The molecule has 0 fully saturated rings. The van der Waals surface area contributed by atoms with Crippen LogP contribution in [0.2, 0.25) is 0 Å². The quantitative estimate of drug-likeness (QED) is 0.796. The van der Waals surface area contributed by atoms with Crippen molar-refractivity contribution in [2.45, 2.75) is 19.9 Å². The standard InChI is InChI=1S/C17H19FN2O4/c1-11-15(16(21)23-2)9-14(24-11)10-20-17(22)19-7-6-12-4-3-5-13(18)8-12/h3-5,8-9H,6-7,10H2,1-2H3,(H2,19,20,22). The lowest BCUT2D eigenvalue weighted by atomic mass is 10.1. The first-order valence-corrected chi connectivity index (χ1v) is 7.43. The van der Waals surface area contributed by atoms with Crippen LogP contribution in [0.3, 0.4) is 0 Å². The maximum atomic E-state index is 13.0. The molecule has 2 N–H and O–H groups in total. The molecule has 2 rings (SSSR count). The molecule has 0 unspecified atom stereocenters. The van der Waals surface area contributed by atoms with Crippen molar-refractivity contribution in [2.24, 2.45) is 0 Å². The van der Waals surface area contributed by atoms with Crippen LogP contribution in [0, 0.1) is 12.7 Å². The lowest BCUT2D eigenvalue weighted by Crippen LogP contribution is -2.36. The maximum Gasteiger partial charge on any atom is 0.341 e. The lowest BCUT2D eigenvalue weighted by Gasteiger charge is -2.06.